The topological polar surface area (TPSA) is 13.1 Å². The average Bonchev–Trinajstić information content (AvgIpc) is 3.63. The van der Waals surface area contributed by atoms with Crippen LogP contribution in [0.2, 0.25) is 0 Å². The van der Waals surface area contributed by atoms with Crippen molar-refractivity contribution in [2.24, 2.45) is 0 Å². The van der Waals surface area contributed by atoms with Gasteiger partial charge >= 0.3 is 0 Å². The first-order valence-corrected chi connectivity index (χ1v) is 15.7. The van der Waals surface area contributed by atoms with E-state index in [2.05, 4.69) is 178 Å². The van der Waals surface area contributed by atoms with Crippen molar-refractivity contribution >= 4 is 55.8 Å². The van der Waals surface area contributed by atoms with E-state index >= 15 is 0 Å². The monoisotopic (exact) mass is 577 g/mol. The summed E-state index contributed by atoms with van der Waals surface area (Å²) in [6, 6.07) is 54.5. The van der Waals surface area contributed by atoms with Crippen LogP contribution >= 0.6 is 0 Å². The molecule has 0 spiro atoms. The lowest BCUT2D eigenvalue weighted by atomic mass is 9.99. The molecule has 2 heterocycles. The van der Waals surface area contributed by atoms with Crippen LogP contribution < -0.4 is 4.90 Å². The van der Waals surface area contributed by atoms with Crippen LogP contribution in [0.15, 0.2) is 158 Å². The van der Waals surface area contributed by atoms with E-state index in [1.165, 1.54) is 49.7 Å². The van der Waals surface area contributed by atoms with Crippen LogP contribution in [-0.2, 0) is 6.42 Å². The minimum absolute atomic E-state index is 1.04. The standard InChI is InChI=1S/C42H31N3/c1-4-14-30(15-5-1)43(31-16-6-2-7-17-31)33-24-26-34(27-25-33)45-38-23-13-11-21-36(38)42-40(45)29-28-39-41(42)35-20-10-12-22-37(35)44(39)32-18-8-3-9-19-32/h1-11,13-21,23-29H,12,22H2. The van der Waals surface area contributed by atoms with Crippen LogP contribution in [0.3, 0.4) is 0 Å². The van der Waals surface area contributed by atoms with E-state index in [1.807, 2.05) is 0 Å². The Morgan fingerprint density at radius 2 is 1.00 bits per heavy atom. The number of hydrogen-bond donors (Lipinski definition) is 0. The Kier molecular flexibility index (Phi) is 5.95. The molecule has 0 saturated heterocycles. The first-order valence-electron chi connectivity index (χ1n) is 15.7. The summed E-state index contributed by atoms with van der Waals surface area (Å²) >= 11 is 0. The van der Waals surface area contributed by atoms with Gasteiger partial charge in [-0.15, -0.1) is 0 Å². The lowest BCUT2D eigenvalue weighted by Gasteiger charge is -2.25. The Morgan fingerprint density at radius 1 is 0.444 bits per heavy atom. The minimum atomic E-state index is 1.04. The number of fused-ring (bicyclic) bond motifs is 7. The molecule has 3 nitrogen and oxygen atoms in total. The van der Waals surface area contributed by atoms with Crippen molar-refractivity contribution in [2.45, 2.75) is 12.8 Å². The lowest BCUT2D eigenvalue weighted by Crippen LogP contribution is -2.09. The van der Waals surface area contributed by atoms with E-state index in [0.717, 1.165) is 35.6 Å². The Labute approximate surface area is 262 Å². The molecule has 0 radical (unpaired) electrons. The summed E-state index contributed by atoms with van der Waals surface area (Å²) in [6.07, 6.45) is 6.79. The summed E-state index contributed by atoms with van der Waals surface area (Å²) < 4.78 is 4.91. The Balaban J connectivity index is 1.27. The van der Waals surface area contributed by atoms with Crippen molar-refractivity contribution in [1.82, 2.24) is 9.13 Å². The second-order valence-corrected chi connectivity index (χ2v) is 11.7. The Hall–Kier alpha value is -5.80. The van der Waals surface area contributed by atoms with Crippen LogP contribution in [0.5, 0.6) is 0 Å². The van der Waals surface area contributed by atoms with E-state index < -0.39 is 0 Å². The quantitative estimate of drug-likeness (QED) is 0.198. The van der Waals surface area contributed by atoms with Gasteiger partial charge in [-0.3, -0.25) is 0 Å². The van der Waals surface area contributed by atoms with Gasteiger partial charge < -0.3 is 14.0 Å². The van der Waals surface area contributed by atoms with Gasteiger partial charge in [0.1, 0.15) is 0 Å². The molecule has 0 N–H and O–H groups in total. The fourth-order valence-electron chi connectivity index (χ4n) is 7.27. The van der Waals surface area contributed by atoms with Gasteiger partial charge in [-0.25, -0.2) is 0 Å². The zero-order chi connectivity index (χ0) is 29.7. The second-order valence-electron chi connectivity index (χ2n) is 11.7. The van der Waals surface area contributed by atoms with E-state index in [0.29, 0.717) is 0 Å². The highest BCUT2D eigenvalue weighted by Gasteiger charge is 2.24. The second kappa shape index (κ2) is 10.4. The zero-order valence-electron chi connectivity index (χ0n) is 24.8. The average molecular weight is 578 g/mol. The zero-order valence-corrected chi connectivity index (χ0v) is 24.8. The molecule has 0 atom stereocenters. The maximum atomic E-state index is 2.48. The van der Waals surface area contributed by atoms with Crippen molar-refractivity contribution in [2.75, 3.05) is 4.90 Å². The van der Waals surface area contributed by atoms with Gasteiger partial charge in [0.25, 0.3) is 0 Å². The summed E-state index contributed by atoms with van der Waals surface area (Å²) in [4.78, 5) is 2.31. The molecule has 1 aliphatic carbocycles. The number of para-hydroxylation sites is 4. The minimum Gasteiger partial charge on any atom is -0.313 e. The van der Waals surface area contributed by atoms with Crippen LogP contribution in [-0.4, -0.2) is 9.13 Å². The predicted octanol–water partition coefficient (Wildman–Crippen LogP) is 11.2. The summed E-state index contributed by atoms with van der Waals surface area (Å²) in [5.41, 5.74) is 12.2. The number of hydrogen-bond acceptors (Lipinski definition) is 1. The number of rotatable bonds is 5. The number of allylic oxidation sites excluding steroid dienone is 1. The number of anilines is 3. The number of aromatic nitrogens is 2. The van der Waals surface area contributed by atoms with Gasteiger partial charge in [0, 0.05) is 55.9 Å². The molecule has 0 amide bonds. The molecule has 0 fully saturated rings. The summed E-state index contributed by atoms with van der Waals surface area (Å²) in [6.45, 7) is 0. The first-order chi connectivity index (χ1) is 22.4. The van der Waals surface area contributed by atoms with E-state index in [9.17, 15) is 0 Å². The molecule has 2 aromatic heterocycles. The predicted molar refractivity (Wildman–Crippen MR) is 190 cm³/mol. The number of benzene rings is 6. The van der Waals surface area contributed by atoms with Crippen molar-refractivity contribution < 1.29 is 0 Å². The van der Waals surface area contributed by atoms with Crippen LogP contribution in [0, 0.1) is 0 Å². The third-order valence-corrected chi connectivity index (χ3v) is 9.15. The summed E-state index contributed by atoms with van der Waals surface area (Å²) in [5, 5.41) is 3.94. The van der Waals surface area contributed by atoms with Crippen LogP contribution in [0.4, 0.5) is 17.1 Å². The number of nitrogens with zero attached hydrogens (tertiary/aromatic N) is 3. The molecule has 1 aliphatic rings. The highest BCUT2D eigenvalue weighted by molar-refractivity contribution is 6.23. The Morgan fingerprint density at radius 3 is 1.69 bits per heavy atom. The fraction of sp³-hybridized carbons (Fsp3) is 0.0476. The molecular formula is C42H31N3. The van der Waals surface area contributed by atoms with Gasteiger partial charge in [0.15, 0.2) is 0 Å². The van der Waals surface area contributed by atoms with Gasteiger partial charge in [0.05, 0.1) is 16.6 Å². The summed E-state index contributed by atoms with van der Waals surface area (Å²) in [7, 11) is 0. The molecule has 0 saturated carbocycles. The fourth-order valence-corrected chi connectivity index (χ4v) is 7.27. The third-order valence-electron chi connectivity index (χ3n) is 9.15. The summed E-state index contributed by atoms with van der Waals surface area (Å²) in [5.74, 6) is 0. The van der Waals surface area contributed by atoms with Crippen molar-refractivity contribution in [1.29, 1.82) is 0 Å². The molecule has 0 bridgehead atoms. The van der Waals surface area contributed by atoms with Crippen molar-refractivity contribution in [3.8, 4) is 11.4 Å². The van der Waals surface area contributed by atoms with Crippen LogP contribution in [0.1, 0.15) is 17.7 Å². The molecule has 8 aromatic rings. The molecular weight excluding hydrogens is 546 g/mol. The first kappa shape index (κ1) is 25.7. The van der Waals surface area contributed by atoms with Gasteiger partial charge in [-0.05, 0) is 91.7 Å². The molecule has 0 aliphatic heterocycles. The molecule has 214 valence electrons. The Bertz CT molecular complexity index is 2300. The highest BCUT2D eigenvalue weighted by atomic mass is 15.1. The largest absolute Gasteiger partial charge is 0.313 e. The lowest BCUT2D eigenvalue weighted by molar-refractivity contribution is 0.888. The molecule has 45 heavy (non-hydrogen) atoms. The van der Waals surface area contributed by atoms with Gasteiger partial charge in [0.2, 0.25) is 0 Å². The maximum absolute atomic E-state index is 2.48. The molecule has 6 aromatic carbocycles. The van der Waals surface area contributed by atoms with Crippen molar-refractivity contribution in [3.63, 3.8) is 0 Å². The van der Waals surface area contributed by atoms with E-state index in [-0.39, 0.29) is 0 Å². The SMILES string of the molecule is C1=Cc2c(n(-c3ccccc3)c3ccc4c(c5ccccc5n4-c4ccc(N(c5ccccc5)c5ccccc5)cc4)c23)CC1. The normalized spacial score (nSPS) is 12.6. The van der Waals surface area contributed by atoms with Gasteiger partial charge in [-0.1, -0.05) is 84.9 Å². The smallest absolute Gasteiger partial charge is 0.0548 e. The van der Waals surface area contributed by atoms with Crippen molar-refractivity contribution in [3.05, 3.63) is 169 Å². The third kappa shape index (κ3) is 4.05. The highest BCUT2D eigenvalue weighted by Crippen LogP contribution is 2.43. The molecule has 3 heteroatoms. The molecule has 0 unspecified atom stereocenters. The maximum Gasteiger partial charge on any atom is 0.0548 e. The molecule has 9 rings (SSSR count). The van der Waals surface area contributed by atoms with Crippen LogP contribution in [0.25, 0.3) is 50.2 Å². The van der Waals surface area contributed by atoms with E-state index in [1.54, 1.807) is 0 Å². The van der Waals surface area contributed by atoms with Gasteiger partial charge in [-0.2, -0.15) is 0 Å². The van der Waals surface area contributed by atoms with E-state index in [4.69, 9.17) is 0 Å².